The van der Waals surface area contributed by atoms with E-state index in [2.05, 4.69) is 30.5 Å². The van der Waals surface area contributed by atoms with E-state index in [-0.39, 0.29) is 0 Å². The highest BCUT2D eigenvalue weighted by Crippen LogP contribution is 2.23. The second-order valence-corrected chi connectivity index (χ2v) is 4.46. The molecule has 0 aromatic rings. The largest absolute Gasteiger partial charge is 0.354 e. The molecule has 0 spiro atoms. The molecular formula is C12H19NS. The molecule has 0 heterocycles. The van der Waals surface area contributed by atoms with Crippen LogP contribution >= 0.6 is 12.2 Å². The molecule has 0 amide bonds. The quantitative estimate of drug-likeness (QED) is 0.563. The number of nitrogens with one attached hydrogen (secondary N) is 1. The zero-order valence-electron chi connectivity index (χ0n) is 9.05. The molecule has 2 heteroatoms. The Morgan fingerprint density at radius 1 is 1.57 bits per heavy atom. The van der Waals surface area contributed by atoms with Crippen LogP contribution in [0.5, 0.6) is 0 Å². The Morgan fingerprint density at radius 3 is 2.86 bits per heavy atom. The minimum absolute atomic E-state index is 0.799. The van der Waals surface area contributed by atoms with Gasteiger partial charge in [0.15, 0.2) is 0 Å². The van der Waals surface area contributed by atoms with Crippen LogP contribution in [0.4, 0.5) is 0 Å². The van der Waals surface area contributed by atoms with E-state index < -0.39 is 0 Å². The topological polar surface area (TPSA) is 12.0 Å². The maximum atomic E-state index is 5.04. The van der Waals surface area contributed by atoms with Gasteiger partial charge in [-0.15, -0.1) is 0 Å². The number of rotatable bonds is 3. The highest BCUT2D eigenvalue weighted by molar-refractivity contribution is 7.80. The normalized spacial score (nSPS) is 22.1. The summed E-state index contributed by atoms with van der Waals surface area (Å²) in [5, 5.41) is 3.25. The number of hydrogen-bond donors (Lipinski definition) is 1. The van der Waals surface area contributed by atoms with Gasteiger partial charge in [-0.1, -0.05) is 30.4 Å². The first-order valence-corrected chi connectivity index (χ1v) is 5.71. The van der Waals surface area contributed by atoms with E-state index in [4.69, 9.17) is 12.2 Å². The fraction of sp³-hybridized carbons (Fsp3) is 0.583. The molecule has 1 aliphatic rings. The summed E-state index contributed by atoms with van der Waals surface area (Å²) in [4.78, 5) is 0.865. The van der Waals surface area contributed by atoms with Gasteiger partial charge >= 0.3 is 0 Å². The van der Waals surface area contributed by atoms with Crippen molar-refractivity contribution in [3.8, 4) is 0 Å². The van der Waals surface area contributed by atoms with Crippen LogP contribution in [0.25, 0.3) is 0 Å². The first kappa shape index (κ1) is 11.4. The molecule has 1 aliphatic carbocycles. The number of hydrogen-bond acceptors (Lipinski definition) is 1. The molecule has 1 nitrogen and oxygen atoms in total. The predicted octanol–water partition coefficient (Wildman–Crippen LogP) is 3.57. The SMILES string of the molecule is C/C=C(/CC1CC=CCC1)NC(C)=S. The van der Waals surface area contributed by atoms with Crippen molar-refractivity contribution in [2.45, 2.75) is 39.5 Å². The monoisotopic (exact) mass is 209 g/mol. The van der Waals surface area contributed by atoms with Crippen molar-refractivity contribution in [3.05, 3.63) is 23.9 Å². The van der Waals surface area contributed by atoms with E-state index in [0.29, 0.717) is 0 Å². The Hall–Kier alpha value is -0.630. The highest BCUT2D eigenvalue weighted by atomic mass is 32.1. The minimum atomic E-state index is 0.799. The Balaban J connectivity index is 2.40. The van der Waals surface area contributed by atoms with E-state index in [1.54, 1.807) is 0 Å². The molecular weight excluding hydrogens is 190 g/mol. The number of thiocarbonyl (C=S) groups is 1. The zero-order chi connectivity index (χ0) is 10.4. The third-order valence-electron chi connectivity index (χ3n) is 2.57. The van der Waals surface area contributed by atoms with Crippen molar-refractivity contribution in [3.63, 3.8) is 0 Å². The van der Waals surface area contributed by atoms with Crippen LogP contribution in [0.15, 0.2) is 23.9 Å². The molecule has 0 aromatic carbocycles. The van der Waals surface area contributed by atoms with Crippen LogP contribution in [0.1, 0.15) is 39.5 Å². The fourth-order valence-electron chi connectivity index (χ4n) is 1.82. The van der Waals surface area contributed by atoms with Gasteiger partial charge in [0.25, 0.3) is 0 Å². The summed E-state index contributed by atoms with van der Waals surface area (Å²) in [6.45, 7) is 4.00. The average Bonchev–Trinajstić information content (AvgIpc) is 2.17. The molecule has 14 heavy (non-hydrogen) atoms. The molecule has 0 aromatic heterocycles. The standard InChI is InChI=1S/C12H19NS/c1-3-12(13-10(2)14)9-11-7-5-4-6-8-11/h3-5,11H,6-9H2,1-2H3,(H,13,14)/b12-3-. The first-order chi connectivity index (χ1) is 6.72. The van der Waals surface area contributed by atoms with Crippen molar-refractivity contribution < 1.29 is 0 Å². The van der Waals surface area contributed by atoms with Gasteiger partial charge in [0.05, 0.1) is 4.99 Å². The van der Waals surface area contributed by atoms with Gasteiger partial charge in [0, 0.05) is 5.70 Å². The minimum Gasteiger partial charge on any atom is -0.354 e. The summed E-state index contributed by atoms with van der Waals surface area (Å²) in [5.74, 6) is 0.799. The van der Waals surface area contributed by atoms with Gasteiger partial charge in [-0.25, -0.2) is 0 Å². The summed E-state index contributed by atoms with van der Waals surface area (Å²) < 4.78 is 0. The van der Waals surface area contributed by atoms with E-state index in [1.165, 1.54) is 25.0 Å². The molecule has 0 fully saturated rings. The van der Waals surface area contributed by atoms with Crippen molar-refractivity contribution in [2.75, 3.05) is 0 Å². The zero-order valence-corrected chi connectivity index (χ0v) is 9.86. The van der Waals surface area contributed by atoms with E-state index >= 15 is 0 Å². The Morgan fingerprint density at radius 2 is 2.36 bits per heavy atom. The Kier molecular flexibility index (Phi) is 4.88. The molecule has 1 unspecified atom stereocenters. The molecule has 0 saturated carbocycles. The molecule has 0 bridgehead atoms. The smallest absolute Gasteiger partial charge is 0.0763 e. The maximum absolute atomic E-state index is 5.04. The van der Waals surface area contributed by atoms with Crippen molar-refractivity contribution in [2.24, 2.45) is 5.92 Å². The summed E-state index contributed by atoms with van der Waals surface area (Å²) >= 11 is 5.04. The van der Waals surface area contributed by atoms with Gasteiger partial charge in [0.1, 0.15) is 0 Å². The van der Waals surface area contributed by atoms with Crippen LogP contribution in [0, 0.1) is 5.92 Å². The van der Waals surface area contributed by atoms with Crippen molar-refractivity contribution >= 4 is 17.2 Å². The van der Waals surface area contributed by atoms with Gasteiger partial charge in [-0.3, -0.25) is 0 Å². The molecule has 0 saturated heterocycles. The lowest BCUT2D eigenvalue weighted by atomic mass is 9.90. The molecule has 78 valence electrons. The van der Waals surface area contributed by atoms with Gasteiger partial charge < -0.3 is 5.32 Å². The molecule has 0 radical (unpaired) electrons. The molecule has 1 atom stereocenters. The summed E-state index contributed by atoms with van der Waals surface area (Å²) in [7, 11) is 0. The fourth-order valence-corrected chi connectivity index (χ4v) is 1.95. The Bertz CT molecular complexity index is 253. The average molecular weight is 209 g/mol. The van der Waals surface area contributed by atoms with Crippen LogP contribution in [0.2, 0.25) is 0 Å². The van der Waals surface area contributed by atoms with Crippen molar-refractivity contribution in [1.29, 1.82) is 0 Å². The van der Waals surface area contributed by atoms with E-state index in [9.17, 15) is 0 Å². The maximum Gasteiger partial charge on any atom is 0.0763 e. The van der Waals surface area contributed by atoms with E-state index in [1.807, 2.05) is 6.92 Å². The summed E-state index contributed by atoms with van der Waals surface area (Å²) in [5.41, 5.74) is 1.28. The predicted molar refractivity (Wildman–Crippen MR) is 66.3 cm³/mol. The third kappa shape index (κ3) is 4.05. The first-order valence-electron chi connectivity index (χ1n) is 5.30. The summed E-state index contributed by atoms with van der Waals surface area (Å²) in [6, 6.07) is 0. The lowest BCUT2D eigenvalue weighted by Crippen LogP contribution is -2.20. The van der Waals surface area contributed by atoms with Gasteiger partial charge in [0.2, 0.25) is 0 Å². The van der Waals surface area contributed by atoms with Crippen LogP contribution < -0.4 is 5.32 Å². The van der Waals surface area contributed by atoms with Crippen LogP contribution in [-0.4, -0.2) is 4.99 Å². The molecule has 0 aliphatic heterocycles. The number of allylic oxidation sites excluding steroid dienone is 4. The molecule has 1 N–H and O–H groups in total. The third-order valence-corrected chi connectivity index (χ3v) is 2.67. The second-order valence-electron chi connectivity index (χ2n) is 3.85. The van der Waals surface area contributed by atoms with Crippen molar-refractivity contribution in [1.82, 2.24) is 5.32 Å². The van der Waals surface area contributed by atoms with Crippen LogP contribution in [0.3, 0.4) is 0 Å². The Labute approximate surface area is 92.3 Å². The van der Waals surface area contributed by atoms with Crippen LogP contribution in [-0.2, 0) is 0 Å². The van der Waals surface area contributed by atoms with Gasteiger partial charge in [-0.05, 0) is 45.4 Å². The lowest BCUT2D eigenvalue weighted by molar-refractivity contribution is 0.470. The van der Waals surface area contributed by atoms with Gasteiger partial charge in [-0.2, -0.15) is 0 Å². The highest BCUT2D eigenvalue weighted by Gasteiger charge is 2.11. The second kappa shape index (κ2) is 5.97. The lowest BCUT2D eigenvalue weighted by Gasteiger charge is -2.19. The van der Waals surface area contributed by atoms with E-state index in [0.717, 1.165) is 17.3 Å². The molecule has 1 rings (SSSR count). The summed E-state index contributed by atoms with van der Waals surface area (Å²) in [6.07, 6.45) is 11.6.